The van der Waals surface area contributed by atoms with Crippen LogP contribution >= 0.6 is 11.8 Å². The molecule has 2 aromatic carbocycles. The molecular weight excluding hydrogens is 350 g/mol. The van der Waals surface area contributed by atoms with Crippen molar-refractivity contribution >= 4 is 23.4 Å². The van der Waals surface area contributed by atoms with E-state index in [9.17, 15) is 9.90 Å². The summed E-state index contributed by atoms with van der Waals surface area (Å²) in [5.74, 6) is 0.157. The maximum absolute atomic E-state index is 12.9. The van der Waals surface area contributed by atoms with Crippen LogP contribution in [0.1, 0.15) is 13.8 Å². The molecule has 0 aliphatic heterocycles. The van der Waals surface area contributed by atoms with Crippen molar-refractivity contribution in [2.75, 3.05) is 11.4 Å². The Balaban J connectivity index is 1.78. The van der Waals surface area contributed by atoms with Crippen LogP contribution in [0.25, 0.3) is 5.69 Å². The molecule has 1 aromatic heterocycles. The van der Waals surface area contributed by atoms with Gasteiger partial charge in [0, 0.05) is 12.2 Å². The Kier molecular flexibility index (Phi) is 5.52. The van der Waals surface area contributed by atoms with Crippen molar-refractivity contribution in [3.8, 4) is 11.4 Å². The van der Waals surface area contributed by atoms with Crippen molar-refractivity contribution in [3.05, 3.63) is 54.6 Å². The van der Waals surface area contributed by atoms with Gasteiger partial charge in [-0.2, -0.15) is 4.68 Å². The predicted molar refractivity (Wildman–Crippen MR) is 101 cm³/mol. The summed E-state index contributed by atoms with van der Waals surface area (Å²) in [7, 11) is 0. The number of rotatable bonds is 6. The summed E-state index contributed by atoms with van der Waals surface area (Å²) in [4.78, 5) is 14.6. The topological polar surface area (TPSA) is 84.1 Å². The molecule has 0 fully saturated rings. The standard InChI is InChI=1S/C18H19N5O2S/c1-3-22(14-7-5-4-6-8-14)17(25)13(2)26-18-19-20-21-23(18)15-9-11-16(24)12-10-15/h4-13,24H,3H2,1-2H3. The molecular formula is C18H19N5O2S. The Morgan fingerprint density at radius 3 is 2.54 bits per heavy atom. The molecule has 1 N–H and O–H groups in total. The van der Waals surface area contributed by atoms with Crippen molar-refractivity contribution in [2.45, 2.75) is 24.3 Å². The number of carbonyl (C=O) groups is 1. The van der Waals surface area contributed by atoms with Gasteiger partial charge in [0.2, 0.25) is 11.1 Å². The van der Waals surface area contributed by atoms with Crippen LogP contribution in [-0.2, 0) is 4.79 Å². The largest absolute Gasteiger partial charge is 0.508 e. The van der Waals surface area contributed by atoms with Gasteiger partial charge in [-0.3, -0.25) is 4.79 Å². The molecule has 3 aromatic rings. The monoisotopic (exact) mass is 369 g/mol. The molecule has 134 valence electrons. The van der Waals surface area contributed by atoms with Gasteiger partial charge in [-0.25, -0.2) is 0 Å². The Morgan fingerprint density at radius 2 is 1.88 bits per heavy atom. The van der Waals surface area contributed by atoms with Crippen LogP contribution < -0.4 is 4.90 Å². The molecule has 0 saturated carbocycles. The minimum absolute atomic E-state index is 0.0102. The van der Waals surface area contributed by atoms with Crippen LogP contribution in [0.15, 0.2) is 59.8 Å². The van der Waals surface area contributed by atoms with E-state index < -0.39 is 0 Å². The molecule has 1 amide bonds. The zero-order valence-corrected chi connectivity index (χ0v) is 15.3. The Morgan fingerprint density at radius 1 is 1.19 bits per heavy atom. The number of hydrogen-bond donors (Lipinski definition) is 1. The first-order chi connectivity index (χ1) is 12.6. The third kappa shape index (κ3) is 3.85. The van der Waals surface area contributed by atoms with Gasteiger partial charge in [-0.15, -0.1) is 5.10 Å². The number of amides is 1. The molecule has 3 rings (SSSR count). The Hall–Kier alpha value is -2.87. The Bertz CT molecular complexity index is 867. The lowest BCUT2D eigenvalue weighted by Gasteiger charge is -2.24. The van der Waals surface area contributed by atoms with Crippen LogP contribution in [0.2, 0.25) is 0 Å². The molecule has 0 saturated heterocycles. The normalized spacial score (nSPS) is 11.9. The molecule has 0 radical (unpaired) electrons. The first kappa shape index (κ1) is 17.9. The van der Waals surface area contributed by atoms with Crippen molar-refractivity contribution in [1.29, 1.82) is 0 Å². The number of tetrazole rings is 1. The second kappa shape index (κ2) is 8.01. The highest BCUT2D eigenvalue weighted by Crippen LogP contribution is 2.26. The van der Waals surface area contributed by atoms with Gasteiger partial charge in [0.15, 0.2) is 0 Å². The highest BCUT2D eigenvalue weighted by atomic mass is 32.2. The SMILES string of the molecule is CCN(C(=O)C(C)Sc1nnnn1-c1ccc(O)cc1)c1ccccc1. The number of carbonyl (C=O) groups excluding carboxylic acids is 1. The molecule has 26 heavy (non-hydrogen) atoms. The van der Waals surface area contributed by atoms with Gasteiger partial charge in [0.25, 0.3) is 0 Å². The van der Waals surface area contributed by atoms with Crippen LogP contribution in [0.3, 0.4) is 0 Å². The van der Waals surface area contributed by atoms with E-state index in [0.717, 1.165) is 5.69 Å². The number of aromatic hydroxyl groups is 1. The van der Waals surface area contributed by atoms with E-state index in [4.69, 9.17) is 0 Å². The summed E-state index contributed by atoms with van der Waals surface area (Å²) in [6.07, 6.45) is 0. The third-order valence-corrected chi connectivity index (χ3v) is 4.84. The summed E-state index contributed by atoms with van der Waals surface area (Å²) >= 11 is 1.30. The summed E-state index contributed by atoms with van der Waals surface area (Å²) in [5.41, 5.74) is 1.58. The molecule has 0 spiro atoms. The second-order valence-electron chi connectivity index (χ2n) is 5.57. The molecule has 1 heterocycles. The molecule has 7 nitrogen and oxygen atoms in total. The minimum atomic E-state index is -0.364. The summed E-state index contributed by atoms with van der Waals surface area (Å²) in [6, 6.07) is 16.1. The van der Waals surface area contributed by atoms with E-state index >= 15 is 0 Å². The molecule has 8 heteroatoms. The molecule has 0 aliphatic carbocycles. The number of para-hydroxylation sites is 1. The predicted octanol–water partition coefficient (Wildman–Crippen LogP) is 2.90. The van der Waals surface area contributed by atoms with Gasteiger partial charge >= 0.3 is 0 Å². The highest BCUT2D eigenvalue weighted by molar-refractivity contribution is 8.00. The molecule has 1 unspecified atom stereocenters. The number of hydrogen-bond acceptors (Lipinski definition) is 6. The maximum Gasteiger partial charge on any atom is 0.240 e. The van der Waals surface area contributed by atoms with Crippen LogP contribution in [0.5, 0.6) is 5.75 Å². The van der Waals surface area contributed by atoms with Gasteiger partial charge in [-0.05, 0) is 60.7 Å². The number of thioether (sulfide) groups is 1. The quantitative estimate of drug-likeness (QED) is 0.673. The first-order valence-corrected chi connectivity index (χ1v) is 9.09. The number of nitrogens with zero attached hydrogens (tertiary/aromatic N) is 5. The zero-order chi connectivity index (χ0) is 18.5. The lowest BCUT2D eigenvalue weighted by molar-refractivity contribution is -0.117. The fraction of sp³-hybridized carbons (Fsp3) is 0.222. The number of phenols is 1. The maximum atomic E-state index is 12.9. The molecule has 1 atom stereocenters. The molecule has 0 aliphatic rings. The number of benzene rings is 2. The number of phenolic OH excluding ortho intramolecular Hbond substituents is 1. The number of anilines is 1. The highest BCUT2D eigenvalue weighted by Gasteiger charge is 2.24. The lowest BCUT2D eigenvalue weighted by atomic mass is 10.2. The van der Waals surface area contributed by atoms with Crippen LogP contribution in [0.4, 0.5) is 5.69 Å². The van der Waals surface area contributed by atoms with E-state index in [2.05, 4.69) is 15.5 Å². The third-order valence-electron chi connectivity index (χ3n) is 3.82. The second-order valence-corrected chi connectivity index (χ2v) is 6.88. The average Bonchev–Trinajstić information content (AvgIpc) is 3.12. The van der Waals surface area contributed by atoms with Gasteiger partial charge in [0.1, 0.15) is 5.75 Å². The Labute approximate surface area is 155 Å². The fourth-order valence-corrected chi connectivity index (χ4v) is 3.38. The smallest absolute Gasteiger partial charge is 0.240 e. The summed E-state index contributed by atoms with van der Waals surface area (Å²) in [6.45, 7) is 4.37. The van der Waals surface area contributed by atoms with Gasteiger partial charge in [0.05, 0.1) is 10.9 Å². The average molecular weight is 369 g/mol. The van der Waals surface area contributed by atoms with E-state index in [0.29, 0.717) is 17.4 Å². The van der Waals surface area contributed by atoms with Crippen LogP contribution in [0, 0.1) is 0 Å². The van der Waals surface area contributed by atoms with Gasteiger partial charge < -0.3 is 10.0 Å². The van der Waals surface area contributed by atoms with Gasteiger partial charge in [-0.1, -0.05) is 30.0 Å². The van der Waals surface area contributed by atoms with E-state index in [1.807, 2.05) is 44.2 Å². The minimum Gasteiger partial charge on any atom is -0.508 e. The summed E-state index contributed by atoms with van der Waals surface area (Å²) < 4.78 is 1.55. The van der Waals surface area contributed by atoms with Crippen molar-refractivity contribution in [2.24, 2.45) is 0 Å². The molecule has 0 bridgehead atoms. The first-order valence-electron chi connectivity index (χ1n) is 8.21. The van der Waals surface area contributed by atoms with Crippen LogP contribution in [-0.4, -0.2) is 43.0 Å². The van der Waals surface area contributed by atoms with Crippen molar-refractivity contribution in [3.63, 3.8) is 0 Å². The van der Waals surface area contributed by atoms with Crippen molar-refractivity contribution in [1.82, 2.24) is 20.2 Å². The number of aromatic nitrogens is 4. The van der Waals surface area contributed by atoms with Crippen molar-refractivity contribution < 1.29 is 9.90 Å². The van der Waals surface area contributed by atoms with E-state index in [1.54, 1.807) is 33.8 Å². The van der Waals surface area contributed by atoms with E-state index in [1.165, 1.54) is 11.8 Å². The fourth-order valence-electron chi connectivity index (χ4n) is 2.51. The van der Waals surface area contributed by atoms with E-state index in [-0.39, 0.29) is 16.9 Å². The lowest BCUT2D eigenvalue weighted by Crippen LogP contribution is -2.36. The zero-order valence-electron chi connectivity index (χ0n) is 14.5. The summed E-state index contributed by atoms with van der Waals surface area (Å²) in [5, 5.41) is 21.3.